The zero-order valence-corrected chi connectivity index (χ0v) is 9.06. The Morgan fingerprint density at radius 3 is 2.50 bits per heavy atom. The Bertz CT molecular complexity index is 388. The molecule has 88 valence electrons. The lowest BCUT2D eigenvalue weighted by atomic mass is 10.0. The molecule has 0 aliphatic heterocycles. The SMILES string of the molecule is CCNC(c1ccc(F)c(F)c1F)C1CC1. The molecular weight excluding hydrogens is 215 g/mol. The molecule has 0 radical (unpaired) electrons. The van der Waals surface area contributed by atoms with Crippen LogP contribution in [0.1, 0.15) is 31.4 Å². The Morgan fingerprint density at radius 1 is 1.25 bits per heavy atom. The molecule has 1 aliphatic carbocycles. The molecule has 1 unspecified atom stereocenters. The Kier molecular flexibility index (Phi) is 3.19. The van der Waals surface area contributed by atoms with E-state index in [1.807, 2.05) is 6.92 Å². The second kappa shape index (κ2) is 4.45. The minimum absolute atomic E-state index is 0.194. The van der Waals surface area contributed by atoms with Gasteiger partial charge in [0.05, 0.1) is 0 Å². The summed E-state index contributed by atoms with van der Waals surface area (Å²) in [7, 11) is 0. The molecule has 4 heteroatoms. The lowest BCUT2D eigenvalue weighted by Gasteiger charge is -2.18. The molecular formula is C12H14F3N. The highest BCUT2D eigenvalue weighted by Gasteiger charge is 2.34. The van der Waals surface area contributed by atoms with Crippen molar-refractivity contribution in [3.8, 4) is 0 Å². The zero-order chi connectivity index (χ0) is 11.7. The fourth-order valence-electron chi connectivity index (χ4n) is 1.96. The van der Waals surface area contributed by atoms with Crippen LogP contribution >= 0.6 is 0 Å². The van der Waals surface area contributed by atoms with Crippen LogP contribution < -0.4 is 5.32 Å². The van der Waals surface area contributed by atoms with Gasteiger partial charge in [0.2, 0.25) is 0 Å². The van der Waals surface area contributed by atoms with Crippen molar-refractivity contribution in [3.63, 3.8) is 0 Å². The Balaban J connectivity index is 2.33. The van der Waals surface area contributed by atoms with Gasteiger partial charge in [-0.05, 0) is 31.4 Å². The van der Waals surface area contributed by atoms with Crippen molar-refractivity contribution in [3.05, 3.63) is 35.1 Å². The van der Waals surface area contributed by atoms with E-state index in [1.165, 1.54) is 6.07 Å². The third kappa shape index (κ3) is 2.07. The molecule has 2 rings (SSSR count). The first-order valence-corrected chi connectivity index (χ1v) is 5.52. The number of halogens is 3. The Morgan fingerprint density at radius 2 is 1.94 bits per heavy atom. The number of benzene rings is 1. The third-order valence-electron chi connectivity index (χ3n) is 2.92. The standard InChI is InChI=1S/C12H14F3N/c1-2-16-12(7-3-4-7)8-5-6-9(13)11(15)10(8)14/h5-7,12,16H,2-4H2,1H3. The van der Waals surface area contributed by atoms with Gasteiger partial charge in [-0.2, -0.15) is 0 Å². The van der Waals surface area contributed by atoms with Crippen LogP contribution in [0.2, 0.25) is 0 Å². The van der Waals surface area contributed by atoms with E-state index in [2.05, 4.69) is 5.32 Å². The highest BCUT2D eigenvalue weighted by Crippen LogP contribution is 2.42. The molecule has 1 atom stereocenters. The van der Waals surface area contributed by atoms with E-state index in [9.17, 15) is 13.2 Å². The smallest absolute Gasteiger partial charge is 0.194 e. The molecule has 1 nitrogen and oxygen atoms in total. The van der Waals surface area contributed by atoms with Gasteiger partial charge in [-0.25, -0.2) is 13.2 Å². The fraction of sp³-hybridized carbons (Fsp3) is 0.500. The molecule has 0 heterocycles. The molecule has 0 saturated heterocycles. The summed E-state index contributed by atoms with van der Waals surface area (Å²) in [6.45, 7) is 2.59. The Labute approximate surface area is 92.7 Å². The molecule has 16 heavy (non-hydrogen) atoms. The molecule has 0 spiro atoms. The van der Waals surface area contributed by atoms with Crippen molar-refractivity contribution in [2.45, 2.75) is 25.8 Å². The van der Waals surface area contributed by atoms with Crippen LogP contribution in [0.25, 0.3) is 0 Å². The van der Waals surface area contributed by atoms with Crippen LogP contribution in [0.3, 0.4) is 0 Å². The first-order valence-electron chi connectivity index (χ1n) is 5.52. The molecule has 0 amide bonds. The van der Waals surface area contributed by atoms with Crippen molar-refractivity contribution in [1.82, 2.24) is 5.32 Å². The predicted octanol–water partition coefficient (Wildman–Crippen LogP) is 3.16. The maximum absolute atomic E-state index is 13.6. The molecule has 0 aromatic heterocycles. The number of nitrogens with one attached hydrogen (secondary N) is 1. The van der Waals surface area contributed by atoms with E-state index in [-0.39, 0.29) is 11.6 Å². The lowest BCUT2D eigenvalue weighted by molar-refractivity contribution is 0.414. The lowest BCUT2D eigenvalue weighted by Crippen LogP contribution is -2.24. The molecule has 1 aromatic rings. The summed E-state index contributed by atoms with van der Waals surface area (Å²) in [5.41, 5.74) is 0.239. The molecule has 1 aliphatic rings. The maximum Gasteiger partial charge on any atom is 0.194 e. The van der Waals surface area contributed by atoms with Gasteiger partial charge in [0.15, 0.2) is 17.5 Å². The van der Waals surface area contributed by atoms with E-state index < -0.39 is 17.5 Å². The molecule has 0 bridgehead atoms. The van der Waals surface area contributed by atoms with Gasteiger partial charge >= 0.3 is 0 Å². The van der Waals surface area contributed by atoms with Gasteiger partial charge in [0, 0.05) is 11.6 Å². The van der Waals surface area contributed by atoms with Crippen molar-refractivity contribution < 1.29 is 13.2 Å². The van der Waals surface area contributed by atoms with Gasteiger partial charge in [-0.1, -0.05) is 13.0 Å². The van der Waals surface area contributed by atoms with Crippen LogP contribution in [0.4, 0.5) is 13.2 Å². The molecule has 1 aromatic carbocycles. The van der Waals surface area contributed by atoms with E-state index in [0.29, 0.717) is 12.5 Å². The second-order valence-corrected chi connectivity index (χ2v) is 4.14. The minimum Gasteiger partial charge on any atom is -0.310 e. The van der Waals surface area contributed by atoms with E-state index >= 15 is 0 Å². The second-order valence-electron chi connectivity index (χ2n) is 4.14. The van der Waals surface area contributed by atoms with E-state index in [4.69, 9.17) is 0 Å². The zero-order valence-electron chi connectivity index (χ0n) is 9.06. The van der Waals surface area contributed by atoms with Crippen molar-refractivity contribution in [2.24, 2.45) is 5.92 Å². The third-order valence-corrected chi connectivity index (χ3v) is 2.92. The summed E-state index contributed by atoms with van der Waals surface area (Å²) in [5.74, 6) is -3.22. The van der Waals surface area contributed by atoms with Gasteiger partial charge in [-0.15, -0.1) is 0 Å². The summed E-state index contributed by atoms with van der Waals surface area (Å²) >= 11 is 0. The maximum atomic E-state index is 13.6. The number of rotatable bonds is 4. The van der Waals surface area contributed by atoms with Gasteiger partial charge in [-0.3, -0.25) is 0 Å². The first-order chi connectivity index (χ1) is 7.65. The normalized spacial score (nSPS) is 17.5. The number of hydrogen-bond acceptors (Lipinski definition) is 1. The summed E-state index contributed by atoms with van der Waals surface area (Å²) in [5, 5.41) is 3.12. The van der Waals surface area contributed by atoms with Crippen LogP contribution in [0.5, 0.6) is 0 Å². The topological polar surface area (TPSA) is 12.0 Å². The van der Waals surface area contributed by atoms with Crippen LogP contribution in [0, 0.1) is 23.4 Å². The van der Waals surface area contributed by atoms with Gasteiger partial charge in [0.1, 0.15) is 0 Å². The fourth-order valence-corrected chi connectivity index (χ4v) is 1.96. The van der Waals surface area contributed by atoms with Crippen LogP contribution in [-0.4, -0.2) is 6.54 Å². The summed E-state index contributed by atoms with van der Waals surface area (Å²) in [4.78, 5) is 0. The summed E-state index contributed by atoms with van der Waals surface area (Å²) in [6, 6.07) is 2.12. The van der Waals surface area contributed by atoms with Crippen LogP contribution in [-0.2, 0) is 0 Å². The van der Waals surface area contributed by atoms with Gasteiger partial charge in [0.25, 0.3) is 0 Å². The van der Waals surface area contributed by atoms with Crippen molar-refractivity contribution in [2.75, 3.05) is 6.54 Å². The molecule has 1 fully saturated rings. The average molecular weight is 229 g/mol. The van der Waals surface area contributed by atoms with Crippen molar-refractivity contribution >= 4 is 0 Å². The predicted molar refractivity (Wildman–Crippen MR) is 55.5 cm³/mol. The molecule has 1 N–H and O–H groups in total. The minimum atomic E-state index is -1.37. The monoisotopic (exact) mass is 229 g/mol. The highest BCUT2D eigenvalue weighted by molar-refractivity contribution is 5.25. The van der Waals surface area contributed by atoms with E-state index in [0.717, 1.165) is 18.9 Å². The van der Waals surface area contributed by atoms with Crippen LogP contribution in [0.15, 0.2) is 12.1 Å². The molecule has 1 saturated carbocycles. The highest BCUT2D eigenvalue weighted by atomic mass is 19.2. The number of hydrogen-bond donors (Lipinski definition) is 1. The first kappa shape index (κ1) is 11.5. The van der Waals surface area contributed by atoms with Crippen molar-refractivity contribution in [1.29, 1.82) is 0 Å². The Hall–Kier alpha value is -1.03. The quantitative estimate of drug-likeness (QED) is 0.782. The average Bonchev–Trinajstić information content (AvgIpc) is 3.08. The largest absolute Gasteiger partial charge is 0.310 e. The van der Waals surface area contributed by atoms with Gasteiger partial charge < -0.3 is 5.32 Å². The van der Waals surface area contributed by atoms with E-state index in [1.54, 1.807) is 0 Å². The summed E-state index contributed by atoms with van der Waals surface area (Å²) in [6.07, 6.45) is 2.02. The summed E-state index contributed by atoms with van der Waals surface area (Å²) < 4.78 is 39.5.